The van der Waals surface area contributed by atoms with Crippen LogP contribution in [-0.2, 0) is 6.42 Å². The Labute approximate surface area is 127 Å². The van der Waals surface area contributed by atoms with E-state index in [1.165, 1.54) is 0 Å². The van der Waals surface area contributed by atoms with Crippen LogP contribution in [0.4, 0.5) is 11.6 Å². The molecule has 1 aliphatic rings. The van der Waals surface area contributed by atoms with Crippen molar-refractivity contribution in [1.29, 1.82) is 0 Å². The largest absolute Gasteiger partial charge is 0.391 e. The lowest BCUT2D eigenvalue weighted by molar-refractivity contribution is 0.102. The van der Waals surface area contributed by atoms with Crippen LogP contribution in [-0.4, -0.2) is 40.8 Å². The Morgan fingerprint density at radius 3 is 2.71 bits per heavy atom. The van der Waals surface area contributed by atoms with Gasteiger partial charge in [-0.15, -0.1) is 0 Å². The van der Waals surface area contributed by atoms with Crippen molar-refractivity contribution in [3.05, 3.63) is 11.4 Å². The van der Waals surface area contributed by atoms with E-state index in [4.69, 9.17) is 4.98 Å². The van der Waals surface area contributed by atoms with E-state index in [-0.39, 0.29) is 6.10 Å². The maximum absolute atomic E-state index is 10.1. The summed E-state index contributed by atoms with van der Waals surface area (Å²) in [5, 5.41) is 13.5. The van der Waals surface area contributed by atoms with E-state index in [9.17, 15) is 5.11 Å². The van der Waals surface area contributed by atoms with Gasteiger partial charge in [-0.2, -0.15) is 0 Å². The van der Waals surface area contributed by atoms with Crippen LogP contribution in [0.1, 0.15) is 45.0 Å². The number of aliphatic hydroxyl groups excluding tert-OH is 1. The Hall–Kier alpha value is -1.36. The summed E-state index contributed by atoms with van der Waals surface area (Å²) in [5.74, 6) is 3.17. The number of aromatic nitrogens is 2. The molecule has 0 amide bonds. The summed E-state index contributed by atoms with van der Waals surface area (Å²) in [4.78, 5) is 11.6. The van der Waals surface area contributed by atoms with E-state index in [1.54, 1.807) is 0 Å². The fourth-order valence-corrected chi connectivity index (χ4v) is 2.77. The second kappa shape index (κ2) is 7.07. The summed E-state index contributed by atoms with van der Waals surface area (Å²) >= 11 is 0. The van der Waals surface area contributed by atoms with Crippen LogP contribution in [0.5, 0.6) is 0 Å². The summed E-state index contributed by atoms with van der Waals surface area (Å²) in [7, 11) is 0. The van der Waals surface area contributed by atoms with E-state index >= 15 is 0 Å². The third-order valence-corrected chi connectivity index (χ3v) is 4.20. The molecule has 0 saturated carbocycles. The zero-order valence-corrected chi connectivity index (χ0v) is 13.7. The summed E-state index contributed by atoms with van der Waals surface area (Å²) < 4.78 is 0. The van der Waals surface area contributed by atoms with Gasteiger partial charge in [0.1, 0.15) is 17.5 Å². The van der Waals surface area contributed by atoms with Gasteiger partial charge in [0.25, 0.3) is 0 Å². The molecular formula is C16H28N4O. The van der Waals surface area contributed by atoms with Gasteiger partial charge in [-0.1, -0.05) is 13.8 Å². The molecule has 5 nitrogen and oxygen atoms in total. The smallest absolute Gasteiger partial charge is 0.137 e. The van der Waals surface area contributed by atoms with Crippen molar-refractivity contribution in [2.24, 2.45) is 5.92 Å². The number of β-amino-alcohol motifs (C(OH)–C–C–N with tert-alkyl or cyclic N) is 1. The number of rotatable bonds is 5. The minimum Gasteiger partial charge on any atom is -0.391 e. The molecule has 1 aromatic rings. The van der Waals surface area contributed by atoms with Gasteiger partial charge in [-0.25, -0.2) is 9.97 Å². The molecule has 5 heteroatoms. The lowest BCUT2D eigenvalue weighted by atomic mass is 9.96. The molecule has 2 atom stereocenters. The normalized spacial score (nSPS) is 22.4. The van der Waals surface area contributed by atoms with Crippen LogP contribution in [0.25, 0.3) is 0 Å². The highest BCUT2D eigenvalue weighted by Crippen LogP contribution is 2.28. The second-order valence-electron chi connectivity index (χ2n) is 6.00. The molecule has 2 unspecified atom stereocenters. The van der Waals surface area contributed by atoms with Crippen molar-refractivity contribution in [1.82, 2.24) is 9.97 Å². The molecule has 1 saturated heterocycles. The Bertz CT molecular complexity index is 478. The number of nitrogens with one attached hydrogen (secondary N) is 1. The fraction of sp³-hybridized carbons (Fsp3) is 0.750. The highest BCUT2D eigenvalue weighted by molar-refractivity contribution is 5.59. The van der Waals surface area contributed by atoms with Gasteiger partial charge < -0.3 is 15.3 Å². The van der Waals surface area contributed by atoms with Gasteiger partial charge >= 0.3 is 0 Å². The molecule has 0 bridgehead atoms. The number of hydrogen-bond donors (Lipinski definition) is 2. The average molecular weight is 292 g/mol. The molecule has 2 N–H and O–H groups in total. The molecule has 2 rings (SSSR count). The Morgan fingerprint density at radius 1 is 1.33 bits per heavy atom. The number of anilines is 2. The number of aliphatic hydroxyl groups is 1. The standard InChI is InChI=1S/C16H28N4O/c1-5-7-14-18-15(17-6-2)12(4)16(19-14)20-9-8-11(3)13(21)10-20/h11,13,21H,5-10H2,1-4H3,(H,17,18,19). The van der Waals surface area contributed by atoms with E-state index < -0.39 is 0 Å². The van der Waals surface area contributed by atoms with Gasteiger partial charge in [-0.05, 0) is 32.6 Å². The fourth-order valence-electron chi connectivity index (χ4n) is 2.77. The van der Waals surface area contributed by atoms with Crippen LogP contribution in [0.3, 0.4) is 0 Å². The number of hydrogen-bond acceptors (Lipinski definition) is 5. The molecule has 0 radical (unpaired) electrons. The van der Waals surface area contributed by atoms with Crippen LogP contribution in [0.15, 0.2) is 0 Å². The maximum Gasteiger partial charge on any atom is 0.137 e. The predicted molar refractivity (Wildman–Crippen MR) is 86.9 cm³/mol. The first kappa shape index (κ1) is 16.0. The Balaban J connectivity index is 2.32. The third-order valence-electron chi connectivity index (χ3n) is 4.20. The number of aryl methyl sites for hydroxylation is 1. The highest BCUT2D eigenvalue weighted by Gasteiger charge is 2.27. The zero-order chi connectivity index (χ0) is 15.4. The first-order chi connectivity index (χ1) is 10.1. The Kier molecular flexibility index (Phi) is 5.39. The van der Waals surface area contributed by atoms with Gasteiger partial charge in [0.15, 0.2) is 0 Å². The van der Waals surface area contributed by atoms with Gasteiger partial charge in [0.2, 0.25) is 0 Å². The summed E-state index contributed by atoms with van der Waals surface area (Å²) in [6.07, 6.45) is 2.65. The van der Waals surface area contributed by atoms with Gasteiger partial charge in [-0.3, -0.25) is 0 Å². The predicted octanol–water partition coefficient (Wildman–Crippen LogP) is 2.38. The number of piperidine rings is 1. The zero-order valence-electron chi connectivity index (χ0n) is 13.7. The lowest BCUT2D eigenvalue weighted by Gasteiger charge is -2.36. The minimum atomic E-state index is -0.273. The first-order valence-corrected chi connectivity index (χ1v) is 8.11. The summed E-state index contributed by atoms with van der Waals surface area (Å²) in [6.45, 7) is 10.9. The molecule has 0 aromatic carbocycles. The molecule has 21 heavy (non-hydrogen) atoms. The lowest BCUT2D eigenvalue weighted by Crippen LogP contribution is -2.43. The van der Waals surface area contributed by atoms with E-state index in [2.05, 4.69) is 42.9 Å². The van der Waals surface area contributed by atoms with Crippen LogP contribution >= 0.6 is 0 Å². The van der Waals surface area contributed by atoms with Crippen LogP contribution in [0.2, 0.25) is 0 Å². The number of nitrogens with zero attached hydrogens (tertiary/aromatic N) is 3. The molecule has 118 valence electrons. The van der Waals surface area contributed by atoms with Crippen LogP contribution < -0.4 is 10.2 Å². The van der Waals surface area contributed by atoms with Crippen molar-refractivity contribution >= 4 is 11.6 Å². The SMILES string of the molecule is CCCc1nc(NCC)c(C)c(N2CCC(C)C(O)C2)n1. The quantitative estimate of drug-likeness (QED) is 0.872. The molecular weight excluding hydrogens is 264 g/mol. The summed E-state index contributed by atoms with van der Waals surface area (Å²) in [6, 6.07) is 0. The molecule has 1 fully saturated rings. The van der Waals surface area contributed by atoms with Gasteiger partial charge in [0.05, 0.1) is 6.10 Å². The van der Waals surface area contributed by atoms with E-state index in [0.29, 0.717) is 12.5 Å². The minimum absolute atomic E-state index is 0.273. The Morgan fingerprint density at radius 2 is 2.10 bits per heavy atom. The average Bonchev–Trinajstić information content (AvgIpc) is 2.46. The molecule has 0 aliphatic carbocycles. The monoisotopic (exact) mass is 292 g/mol. The van der Waals surface area contributed by atoms with Crippen molar-refractivity contribution in [2.45, 2.75) is 53.1 Å². The maximum atomic E-state index is 10.1. The van der Waals surface area contributed by atoms with Crippen molar-refractivity contribution in [3.63, 3.8) is 0 Å². The van der Waals surface area contributed by atoms with Gasteiger partial charge in [0, 0.05) is 31.6 Å². The van der Waals surface area contributed by atoms with E-state index in [1.807, 2.05) is 0 Å². The molecule has 1 aromatic heterocycles. The molecule has 2 heterocycles. The topological polar surface area (TPSA) is 61.3 Å². The van der Waals surface area contributed by atoms with Crippen molar-refractivity contribution < 1.29 is 5.11 Å². The second-order valence-corrected chi connectivity index (χ2v) is 6.00. The van der Waals surface area contributed by atoms with E-state index in [0.717, 1.165) is 55.4 Å². The molecule has 1 aliphatic heterocycles. The first-order valence-electron chi connectivity index (χ1n) is 8.11. The van der Waals surface area contributed by atoms with Crippen LogP contribution in [0, 0.1) is 12.8 Å². The van der Waals surface area contributed by atoms with Crippen molar-refractivity contribution in [3.8, 4) is 0 Å². The van der Waals surface area contributed by atoms with Crippen molar-refractivity contribution in [2.75, 3.05) is 29.9 Å². The molecule has 0 spiro atoms. The third kappa shape index (κ3) is 3.64. The summed E-state index contributed by atoms with van der Waals surface area (Å²) in [5.41, 5.74) is 1.08. The highest BCUT2D eigenvalue weighted by atomic mass is 16.3.